The average Bonchev–Trinajstić information content (AvgIpc) is 2.66. The summed E-state index contributed by atoms with van der Waals surface area (Å²) in [4.78, 5) is 16.5. The van der Waals surface area contributed by atoms with E-state index in [0.717, 1.165) is 15.7 Å². The summed E-state index contributed by atoms with van der Waals surface area (Å²) < 4.78 is 0.901. The number of halogens is 1. The molecule has 0 fully saturated rings. The maximum atomic E-state index is 12.3. The van der Waals surface area contributed by atoms with E-state index in [1.54, 1.807) is 24.5 Å². The predicted molar refractivity (Wildman–Crippen MR) is 104 cm³/mol. The summed E-state index contributed by atoms with van der Waals surface area (Å²) in [6.07, 6.45) is 3.50. The molecule has 3 aromatic rings. The van der Waals surface area contributed by atoms with Crippen molar-refractivity contribution in [3.05, 3.63) is 94.7 Å². The molecule has 5 heteroatoms. The molecule has 126 valence electrons. The van der Waals surface area contributed by atoms with Crippen molar-refractivity contribution in [1.82, 2.24) is 10.3 Å². The second kappa shape index (κ2) is 8.44. The molecule has 0 aliphatic rings. The molecule has 1 amide bonds. The molecule has 2 aromatic carbocycles. The highest BCUT2D eigenvalue weighted by Crippen LogP contribution is 2.21. The van der Waals surface area contributed by atoms with E-state index in [0.29, 0.717) is 12.1 Å². The Bertz CT molecular complexity index is 825. The molecule has 0 saturated carbocycles. The first-order valence-electron chi connectivity index (χ1n) is 7.97. The molecule has 4 nitrogen and oxygen atoms in total. The Morgan fingerprint density at radius 1 is 1.00 bits per heavy atom. The summed E-state index contributed by atoms with van der Waals surface area (Å²) in [5, 5.41) is 6.43. The summed E-state index contributed by atoms with van der Waals surface area (Å²) >= 11 is 3.43. The van der Waals surface area contributed by atoms with Crippen molar-refractivity contribution >= 4 is 27.5 Å². The summed E-state index contributed by atoms with van der Waals surface area (Å²) in [6, 6.07) is 21.1. The molecular weight excluding hydrogens is 378 g/mol. The highest BCUT2D eigenvalue weighted by atomic mass is 79.9. The van der Waals surface area contributed by atoms with Crippen LogP contribution in [0.25, 0.3) is 0 Å². The van der Waals surface area contributed by atoms with Crippen molar-refractivity contribution in [1.29, 1.82) is 0 Å². The normalized spacial score (nSPS) is 11.6. The Morgan fingerprint density at radius 2 is 1.68 bits per heavy atom. The van der Waals surface area contributed by atoms with E-state index >= 15 is 0 Å². The van der Waals surface area contributed by atoms with E-state index in [1.807, 2.05) is 54.6 Å². The van der Waals surface area contributed by atoms with E-state index in [9.17, 15) is 4.79 Å². The van der Waals surface area contributed by atoms with Crippen LogP contribution in [0, 0.1) is 0 Å². The number of amides is 1. The van der Waals surface area contributed by atoms with Crippen molar-refractivity contribution in [2.24, 2.45) is 0 Å². The van der Waals surface area contributed by atoms with Crippen molar-refractivity contribution in [2.45, 2.75) is 6.04 Å². The lowest BCUT2D eigenvalue weighted by Crippen LogP contribution is -2.31. The molecule has 3 rings (SSSR count). The first-order valence-corrected chi connectivity index (χ1v) is 8.77. The number of hydrogen-bond donors (Lipinski definition) is 2. The highest BCUT2D eigenvalue weighted by Gasteiger charge is 2.14. The topological polar surface area (TPSA) is 54.0 Å². The lowest BCUT2D eigenvalue weighted by molar-refractivity contribution is 0.0952. The Balaban J connectivity index is 1.74. The summed E-state index contributed by atoms with van der Waals surface area (Å²) in [5.74, 6) is -0.0873. The van der Waals surface area contributed by atoms with E-state index in [4.69, 9.17) is 0 Å². The van der Waals surface area contributed by atoms with Crippen LogP contribution >= 0.6 is 15.9 Å². The zero-order valence-electron chi connectivity index (χ0n) is 13.5. The number of pyridine rings is 1. The van der Waals surface area contributed by atoms with Gasteiger partial charge in [-0.3, -0.25) is 9.78 Å². The van der Waals surface area contributed by atoms with E-state index in [1.165, 1.54) is 0 Å². The van der Waals surface area contributed by atoms with Crippen molar-refractivity contribution in [3.8, 4) is 0 Å². The van der Waals surface area contributed by atoms with E-state index in [2.05, 4.69) is 31.5 Å². The van der Waals surface area contributed by atoms with Gasteiger partial charge in [-0.25, -0.2) is 0 Å². The molecule has 0 aliphatic carbocycles. The molecule has 25 heavy (non-hydrogen) atoms. The molecule has 1 heterocycles. The van der Waals surface area contributed by atoms with Gasteiger partial charge in [-0.1, -0.05) is 48.5 Å². The maximum Gasteiger partial charge on any atom is 0.251 e. The van der Waals surface area contributed by atoms with Crippen LogP contribution in [0.5, 0.6) is 0 Å². The third-order valence-corrected chi connectivity index (χ3v) is 4.18. The van der Waals surface area contributed by atoms with Crippen molar-refractivity contribution < 1.29 is 4.79 Å². The average molecular weight is 396 g/mol. The number of anilines is 1. The molecule has 0 unspecified atom stereocenters. The third-order valence-electron chi connectivity index (χ3n) is 3.75. The quantitative estimate of drug-likeness (QED) is 0.648. The first-order chi connectivity index (χ1) is 12.2. The van der Waals surface area contributed by atoms with Gasteiger partial charge in [-0.05, 0) is 39.7 Å². The Labute approximate surface area is 155 Å². The number of nitrogens with one attached hydrogen (secondary N) is 2. The van der Waals surface area contributed by atoms with Gasteiger partial charge in [0.15, 0.2) is 0 Å². The van der Waals surface area contributed by atoms with Crippen molar-refractivity contribution in [2.75, 3.05) is 11.9 Å². The minimum absolute atomic E-state index is 0.0648. The standard InChI is InChI=1S/C20H18BrN3O/c21-17-11-18(13-22-12-17)24-19(15-7-3-1-4-8-15)14-23-20(25)16-9-5-2-6-10-16/h1-13,19,24H,14H2,(H,23,25)/t19-/m0/s1. The van der Waals surface area contributed by atoms with Gasteiger partial charge in [0.25, 0.3) is 5.91 Å². The molecule has 0 radical (unpaired) electrons. The molecule has 0 saturated heterocycles. The predicted octanol–water partition coefficient (Wildman–Crippen LogP) is 4.43. The SMILES string of the molecule is O=C(NC[C@H](Nc1cncc(Br)c1)c1ccccc1)c1ccccc1. The minimum Gasteiger partial charge on any atom is -0.375 e. The van der Waals surface area contributed by atoms with Gasteiger partial charge in [-0.2, -0.15) is 0 Å². The van der Waals surface area contributed by atoms with E-state index in [-0.39, 0.29) is 11.9 Å². The Morgan fingerprint density at radius 3 is 2.36 bits per heavy atom. The molecule has 0 bridgehead atoms. The minimum atomic E-state index is -0.0873. The molecule has 1 atom stereocenters. The molecular formula is C20H18BrN3O. The van der Waals surface area contributed by atoms with Gasteiger partial charge in [0.2, 0.25) is 0 Å². The zero-order valence-corrected chi connectivity index (χ0v) is 15.1. The Hall–Kier alpha value is -2.66. The van der Waals surface area contributed by atoms with Crippen LogP contribution in [0.4, 0.5) is 5.69 Å². The number of nitrogens with zero attached hydrogens (tertiary/aromatic N) is 1. The monoisotopic (exact) mass is 395 g/mol. The fourth-order valence-corrected chi connectivity index (χ4v) is 2.88. The molecule has 0 aliphatic heterocycles. The number of carbonyl (C=O) groups excluding carboxylic acids is 1. The van der Waals surface area contributed by atoms with E-state index < -0.39 is 0 Å². The number of carbonyl (C=O) groups is 1. The van der Waals surface area contributed by atoms with Gasteiger partial charge >= 0.3 is 0 Å². The number of aromatic nitrogens is 1. The van der Waals surface area contributed by atoms with Gasteiger partial charge in [0.05, 0.1) is 17.9 Å². The fourth-order valence-electron chi connectivity index (χ4n) is 2.52. The summed E-state index contributed by atoms with van der Waals surface area (Å²) in [5.41, 5.74) is 2.63. The second-order valence-corrected chi connectivity index (χ2v) is 6.49. The van der Waals surface area contributed by atoms with Gasteiger partial charge in [0, 0.05) is 22.8 Å². The lowest BCUT2D eigenvalue weighted by Gasteiger charge is -2.21. The number of hydrogen-bond acceptors (Lipinski definition) is 3. The smallest absolute Gasteiger partial charge is 0.251 e. The molecule has 1 aromatic heterocycles. The summed E-state index contributed by atoms with van der Waals surface area (Å²) in [7, 11) is 0. The Kier molecular flexibility index (Phi) is 5.80. The first kappa shape index (κ1) is 17.2. The largest absolute Gasteiger partial charge is 0.375 e. The van der Waals surface area contributed by atoms with Crippen LogP contribution in [0.3, 0.4) is 0 Å². The fraction of sp³-hybridized carbons (Fsp3) is 0.100. The lowest BCUT2D eigenvalue weighted by atomic mass is 10.1. The van der Waals surface area contributed by atoms with Crippen LogP contribution in [-0.2, 0) is 0 Å². The van der Waals surface area contributed by atoms with Crippen LogP contribution in [0.15, 0.2) is 83.6 Å². The zero-order chi connectivity index (χ0) is 17.5. The number of rotatable bonds is 6. The molecule has 2 N–H and O–H groups in total. The summed E-state index contributed by atoms with van der Waals surface area (Å²) in [6.45, 7) is 0.463. The van der Waals surface area contributed by atoms with Crippen LogP contribution in [0.1, 0.15) is 22.0 Å². The van der Waals surface area contributed by atoms with Crippen molar-refractivity contribution in [3.63, 3.8) is 0 Å². The third kappa shape index (κ3) is 4.90. The van der Waals surface area contributed by atoms with Gasteiger partial charge in [0.1, 0.15) is 0 Å². The maximum absolute atomic E-state index is 12.3. The molecule has 0 spiro atoms. The van der Waals surface area contributed by atoms with Gasteiger partial charge in [-0.15, -0.1) is 0 Å². The van der Waals surface area contributed by atoms with Crippen LogP contribution < -0.4 is 10.6 Å². The van der Waals surface area contributed by atoms with Gasteiger partial charge < -0.3 is 10.6 Å². The second-order valence-electron chi connectivity index (χ2n) is 5.58. The van der Waals surface area contributed by atoms with Crippen LogP contribution in [0.2, 0.25) is 0 Å². The highest BCUT2D eigenvalue weighted by molar-refractivity contribution is 9.10. The van der Waals surface area contributed by atoms with Crippen LogP contribution in [-0.4, -0.2) is 17.4 Å². The number of benzene rings is 2.